The molecule has 0 aliphatic heterocycles. The summed E-state index contributed by atoms with van der Waals surface area (Å²) in [7, 11) is 0. The third kappa shape index (κ3) is 3.52. The highest BCUT2D eigenvalue weighted by molar-refractivity contribution is 6.11. The van der Waals surface area contributed by atoms with Crippen LogP contribution in [0.2, 0.25) is 0 Å². The molecule has 202 valence electrons. The van der Waals surface area contributed by atoms with Crippen molar-refractivity contribution in [2.75, 3.05) is 0 Å². The van der Waals surface area contributed by atoms with Gasteiger partial charge in [0.15, 0.2) is 5.65 Å². The number of hydrogen-bond acceptors (Lipinski definition) is 2. The summed E-state index contributed by atoms with van der Waals surface area (Å²) >= 11 is 0. The summed E-state index contributed by atoms with van der Waals surface area (Å²) in [4.78, 5) is 10.1. The number of aromatic nitrogens is 5. The number of hydrogen-bond donors (Lipinski definition) is 0. The molecule has 0 saturated heterocycles. The van der Waals surface area contributed by atoms with Crippen LogP contribution in [0.4, 0.5) is 0 Å². The van der Waals surface area contributed by atoms with Gasteiger partial charge in [-0.3, -0.25) is 13.7 Å². The van der Waals surface area contributed by atoms with Gasteiger partial charge in [-0.25, -0.2) is 9.97 Å². The van der Waals surface area contributed by atoms with E-state index < -0.39 is 0 Å². The van der Waals surface area contributed by atoms with Gasteiger partial charge in [-0.05, 0) is 48.5 Å². The fraction of sp³-hybridized carbons (Fsp3) is 0. The van der Waals surface area contributed by atoms with Crippen LogP contribution in [0, 0.1) is 0 Å². The predicted molar refractivity (Wildman–Crippen MR) is 175 cm³/mol. The highest BCUT2D eigenvalue weighted by Gasteiger charge is 2.23. The van der Waals surface area contributed by atoms with Crippen LogP contribution in [-0.4, -0.2) is 23.7 Å². The van der Waals surface area contributed by atoms with E-state index in [0.717, 1.165) is 61.7 Å². The maximum atomic E-state index is 5.38. The smallest absolute Gasteiger partial charge is 0.165 e. The third-order valence-electron chi connectivity index (χ3n) is 8.31. The fourth-order valence-electron chi connectivity index (χ4n) is 6.49. The molecule has 9 aromatic rings. The molecule has 0 atom stereocenters. The molecule has 0 bridgehead atoms. The van der Waals surface area contributed by atoms with Crippen molar-refractivity contribution < 1.29 is 0 Å². The Kier molecular flexibility index (Phi) is 5.13. The molecule has 0 aliphatic carbocycles. The average Bonchev–Trinajstić information content (AvgIpc) is 3.73. The van der Waals surface area contributed by atoms with Crippen LogP contribution in [0.1, 0.15) is 0 Å². The molecule has 4 aromatic heterocycles. The van der Waals surface area contributed by atoms with Gasteiger partial charge in [0.1, 0.15) is 17.2 Å². The first-order valence-electron chi connectivity index (χ1n) is 14.4. The van der Waals surface area contributed by atoms with Crippen molar-refractivity contribution in [2.45, 2.75) is 0 Å². The van der Waals surface area contributed by atoms with Gasteiger partial charge in [0.2, 0.25) is 0 Å². The van der Waals surface area contributed by atoms with Crippen molar-refractivity contribution in [2.24, 2.45) is 0 Å². The summed E-state index contributed by atoms with van der Waals surface area (Å²) in [5.41, 5.74) is 8.57. The molecule has 5 aromatic carbocycles. The summed E-state index contributed by atoms with van der Waals surface area (Å²) in [5, 5.41) is 3.55. The fourth-order valence-corrected chi connectivity index (χ4v) is 6.49. The molecule has 0 N–H and O–H groups in total. The molecule has 0 spiro atoms. The first-order valence-corrected chi connectivity index (χ1v) is 14.4. The van der Waals surface area contributed by atoms with E-state index in [1.807, 2.05) is 24.4 Å². The zero-order valence-electron chi connectivity index (χ0n) is 23.2. The molecule has 5 nitrogen and oxygen atoms in total. The number of imidazole rings is 1. The number of nitrogens with zero attached hydrogens (tertiary/aromatic N) is 5. The summed E-state index contributed by atoms with van der Waals surface area (Å²) in [5.74, 6) is 1.81. The first-order chi connectivity index (χ1) is 21.4. The topological polar surface area (TPSA) is 40.6 Å². The quantitative estimate of drug-likeness (QED) is 0.219. The van der Waals surface area contributed by atoms with Gasteiger partial charge in [0.25, 0.3) is 0 Å². The number of pyridine rings is 1. The zero-order valence-corrected chi connectivity index (χ0v) is 23.2. The Hall–Kier alpha value is -5.94. The van der Waals surface area contributed by atoms with Crippen molar-refractivity contribution in [1.82, 2.24) is 23.7 Å². The maximum Gasteiger partial charge on any atom is 0.165 e. The van der Waals surface area contributed by atoms with Crippen LogP contribution >= 0.6 is 0 Å². The summed E-state index contributed by atoms with van der Waals surface area (Å²) in [6.07, 6.45) is 1.85. The van der Waals surface area contributed by atoms with Gasteiger partial charge in [-0.1, -0.05) is 97.1 Å². The minimum atomic E-state index is 0.896. The molecule has 5 heteroatoms. The highest BCUT2D eigenvalue weighted by atomic mass is 15.2. The second-order valence-corrected chi connectivity index (χ2v) is 10.7. The Balaban J connectivity index is 1.40. The van der Waals surface area contributed by atoms with Crippen LogP contribution in [0.25, 0.3) is 72.5 Å². The van der Waals surface area contributed by atoms with E-state index in [0.29, 0.717) is 0 Å². The zero-order chi connectivity index (χ0) is 28.3. The van der Waals surface area contributed by atoms with Crippen LogP contribution in [0.15, 0.2) is 152 Å². The van der Waals surface area contributed by atoms with Crippen LogP contribution in [0.3, 0.4) is 0 Å². The van der Waals surface area contributed by atoms with Gasteiger partial charge >= 0.3 is 0 Å². The number of benzene rings is 5. The Morgan fingerprint density at radius 3 is 1.86 bits per heavy atom. The van der Waals surface area contributed by atoms with E-state index in [1.165, 1.54) is 10.8 Å². The minimum Gasteiger partial charge on any atom is -0.294 e. The summed E-state index contributed by atoms with van der Waals surface area (Å²) < 4.78 is 6.86. The SMILES string of the molecule is c1ccc(-c2nc3c(c4ccccc4n3-c3ccc4c5ccccc5n(-c5ccccn5)c4c3)n2-c2ccccc2)cc1. The molecule has 0 unspecified atom stereocenters. The molecule has 0 aliphatic rings. The molecule has 0 amide bonds. The molecule has 4 heterocycles. The molecular formula is C38H25N5. The van der Waals surface area contributed by atoms with Crippen molar-refractivity contribution in [3.63, 3.8) is 0 Å². The number of para-hydroxylation sites is 3. The summed E-state index contributed by atoms with van der Waals surface area (Å²) in [6, 6.07) is 50.9. The lowest BCUT2D eigenvalue weighted by molar-refractivity contribution is 1.07. The van der Waals surface area contributed by atoms with E-state index in [1.54, 1.807) is 0 Å². The van der Waals surface area contributed by atoms with Crippen LogP contribution in [-0.2, 0) is 0 Å². The van der Waals surface area contributed by atoms with E-state index in [9.17, 15) is 0 Å². The van der Waals surface area contributed by atoms with E-state index in [2.05, 4.69) is 141 Å². The Morgan fingerprint density at radius 1 is 0.442 bits per heavy atom. The number of fused-ring (bicyclic) bond motifs is 6. The molecule has 0 fully saturated rings. The van der Waals surface area contributed by atoms with Gasteiger partial charge in [-0.15, -0.1) is 0 Å². The average molecular weight is 552 g/mol. The normalized spacial score (nSPS) is 11.7. The van der Waals surface area contributed by atoms with Crippen molar-refractivity contribution in [3.05, 3.63) is 152 Å². The number of rotatable bonds is 4. The minimum absolute atomic E-state index is 0.896. The van der Waals surface area contributed by atoms with Crippen LogP contribution in [0.5, 0.6) is 0 Å². The van der Waals surface area contributed by atoms with E-state index in [-0.39, 0.29) is 0 Å². The predicted octanol–water partition coefficient (Wildman–Crippen LogP) is 9.13. The largest absolute Gasteiger partial charge is 0.294 e. The molecule has 0 radical (unpaired) electrons. The maximum absolute atomic E-state index is 5.38. The molecule has 43 heavy (non-hydrogen) atoms. The van der Waals surface area contributed by atoms with Crippen molar-refractivity contribution in [1.29, 1.82) is 0 Å². The standard InChI is InChI=1S/C38H25N5/c1-3-13-26(14-4-1)37-40-38-36(42(37)27-15-5-2-6-16-27)31-18-8-10-20-33(31)41(38)28-22-23-30-29-17-7-9-19-32(29)43(34(30)25-28)35-21-11-12-24-39-35/h1-25H. The van der Waals surface area contributed by atoms with Crippen molar-refractivity contribution >= 4 is 43.9 Å². The Bertz CT molecular complexity index is 2430. The lowest BCUT2D eigenvalue weighted by Crippen LogP contribution is -1.99. The lowest BCUT2D eigenvalue weighted by Gasteiger charge is -2.10. The Labute approximate surface area is 247 Å². The molecule has 9 rings (SSSR count). The van der Waals surface area contributed by atoms with Crippen molar-refractivity contribution in [3.8, 4) is 28.6 Å². The lowest BCUT2D eigenvalue weighted by atomic mass is 10.1. The summed E-state index contributed by atoms with van der Waals surface area (Å²) in [6.45, 7) is 0. The monoisotopic (exact) mass is 551 g/mol. The van der Waals surface area contributed by atoms with E-state index >= 15 is 0 Å². The van der Waals surface area contributed by atoms with Crippen LogP contribution < -0.4 is 0 Å². The Morgan fingerprint density at radius 2 is 1.09 bits per heavy atom. The van der Waals surface area contributed by atoms with Gasteiger partial charge in [-0.2, -0.15) is 0 Å². The second-order valence-electron chi connectivity index (χ2n) is 10.7. The first kappa shape index (κ1) is 23.7. The second kappa shape index (κ2) is 9.29. The van der Waals surface area contributed by atoms with Gasteiger partial charge in [0.05, 0.1) is 16.6 Å². The highest BCUT2D eigenvalue weighted by Crippen LogP contribution is 2.39. The van der Waals surface area contributed by atoms with Gasteiger partial charge < -0.3 is 0 Å². The molecule has 0 saturated carbocycles. The third-order valence-corrected chi connectivity index (χ3v) is 8.31. The molecular weight excluding hydrogens is 526 g/mol. The van der Waals surface area contributed by atoms with Gasteiger partial charge in [0, 0.05) is 39.3 Å². The van der Waals surface area contributed by atoms with E-state index in [4.69, 9.17) is 9.97 Å².